The number of nitrogens with one attached hydrogen (secondary N) is 1. The maximum atomic E-state index is 11.8. The maximum absolute atomic E-state index is 11.8. The molecule has 0 saturated carbocycles. The van der Waals surface area contributed by atoms with E-state index in [1.807, 2.05) is 11.8 Å². The number of aliphatic hydroxyl groups is 1. The summed E-state index contributed by atoms with van der Waals surface area (Å²) in [5.41, 5.74) is -0.00480. The summed E-state index contributed by atoms with van der Waals surface area (Å²) in [6.45, 7) is 3.28. The summed E-state index contributed by atoms with van der Waals surface area (Å²) in [6.07, 6.45) is 0.706. The minimum Gasteiger partial charge on any atom is -0.387 e. The molecule has 1 saturated heterocycles. The Labute approximate surface area is 122 Å². The average molecular weight is 303 g/mol. The number of anilines is 1. The van der Waals surface area contributed by atoms with Crippen LogP contribution in [-0.4, -0.2) is 41.1 Å². The molecule has 2 rings (SSSR count). The molecular weight excluding hydrogens is 287 g/mol. The molecule has 1 aromatic carbocycles. The third-order valence-electron chi connectivity index (χ3n) is 3.26. The summed E-state index contributed by atoms with van der Waals surface area (Å²) in [5, 5.41) is 13.5. The molecular formula is C13H16Cl2N2O2. The van der Waals surface area contributed by atoms with Crippen LogP contribution >= 0.6 is 23.2 Å². The van der Waals surface area contributed by atoms with Gasteiger partial charge >= 0.3 is 0 Å². The van der Waals surface area contributed by atoms with Crippen molar-refractivity contribution in [3.63, 3.8) is 0 Å². The molecule has 0 unspecified atom stereocenters. The molecule has 0 atom stereocenters. The van der Waals surface area contributed by atoms with E-state index in [1.54, 1.807) is 18.2 Å². The number of nitrogens with zero attached hydrogens (tertiary/aromatic N) is 1. The number of rotatable bonds is 4. The third kappa shape index (κ3) is 3.60. The van der Waals surface area contributed by atoms with Crippen LogP contribution in [0.1, 0.15) is 13.3 Å². The van der Waals surface area contributed by atoms with Crippen LogP contribution in [0.3, 0.4) is 0 Å². The van der Waals surface area contributed by atoms with Gasteiger partial charge in [0.1, 0.15) is 0 Å². The molecule has 1 heterocycles. The van der Waals surface area contributed by atoms with Crippen LogP contribution in [-0.2, 0) is 4.79 Å². The van der Waals surface area contributed by atoms with E-state index in [0.29, 0.717) is 35.2 Å². The highest BCUT2D eigenvalue weighted by atomic mass is 35.5. The SMILES string of the molecule is CCC1(O)CN(CC(=O)Nc2ccc(Cl)c(Cl)c2)C1. The fraction of sp³-hybridized carbons (Fsp3) is 0.462. The van der Waals surface area contributed by atoms with E-state index in [1.165, 1.54) is 0 Å². The predicted molar refractivity (Wildman–Crippen MR) is 76.8 cm³/mol. The van der Waals surface area contributed by atoms with Gasteiger partial charge in [-0.3, -0.25) is 9.69 Å². The van der Waals surface area contributed by atoms with Gasteiger partial charge in [0.15, 0.2) is 0 Å². The van der Waals surface area contributed by atoms with Crippen LogP contribution in [0, 0.1) is 0 Å². The van der Waals surface area contributed by atoms with Crippen molar-refractivity contribution in [2.45, 2.75) is 18.9 Å². The Kier molecular flexibility index (Phi) is 4.36. The van der Waals surface area contributed by atoms with Crippen molar-refractivity contribution < 1.29 is 9.90 Å². The van der Waals surface area contributed by atoms with Crippen molar-refractivity contribution in [1.29, 1.82) is 0 Å². The van der Waals surface area contributed by atoms with Gasteiger partial charge in [0.05, 0.1) is 22.2 Å². The highest BCUT2D eigenvalue weighted by molar-refractivity contribution is 6.42. The molecule has 2 N–H and O–H groups in total. The van der Waals surface area contributed by atoms with Gasteiger partial charge in [-0.1, -0.05) is 30.1 Å². The fourth-order valence-electron chi connectivity index (χ4n) is 2.10. The zero-order chi connectivity index (χ0) is 14.0. The Hall–Kier alpha value is -0.810. The van der Waals surface area contributed by atoms with E-state index in [9.17, 15) is 9.90 Å². The van der Waals surface area contributed by atoms with Gasteiger partial charge in [-0.25, -0.2) is 0 Å². The molecule has 1 aliphatic rings. The Morgan fingerprint density at radius 2 is 2.11 bits per heavy atom. The second kappa shape index (κ2) is 5.67. The van der Waals surface area contributed by atoms with Crippen molar-refractivity contribution in [1.82, 2.24) is 4.90 Å². The first-order valence-electron chi connectivity index (χ1n) is 6.11. The second-order valence-electron chi connectivity index (χ2n) is 4.90. The van der Waals surface area contributed by atoms with E-state index in [4.69, 9.17) is 23.2 Å². The normalized spacial score (nSPS) is 17.9. The molecule has 104 valence electrons. The van der Waals surface area contributed by atoms with Gasteiger partial charge in [0, 0.05) is 18.8 Å². The molecule has 1 aromatic rings. The van der Waals surface area contributed by atoms with Crippen LogP contribution in [0.4, 0.5) is 5.69 Å². The largest absolute Gasteiger partial charge is 0.387 e. The molecule has 4 nitrogen and oxygen atoms in total. The number of carbonyl (C=O) groups excluding carboxylic acids is 1. The predicted octanol–water partition coefficient (Wildman–Crippen LogP) is 2.39. The third-order valence-corrected chi connectivity index (χ3v) is 4.00. The molecule has 0 aliphatic carbocycles. The molecule has 1 aliphatic heterocycles. The van der Waals surface area contributed by atoms with Crippen molar-refractivity contribution >= 4 is 34.8 Å². The minimum atomic E-state index is -0.621. The zero-order valence-electron chi connectivity index (χ0n) is 10.6. The van der Waals surface area contributed by atoms with Crippen LogP contribution in [0.5, 0.6) is 0 Å². The standard InChI is InChI=1S/C13H16Cl2N2O2/c1-2-13(19)7-17(8-13)6-12(18)16-9-3-4-10(14)11(15)5-9/h3-5,19H,2,6-8H2,1H3,(H,16,18). The zero-order valence-corrected chi connectivity index (χ0v) is 12.1. The van der Waals surface area contributed by atoms with Crippen LogP contribution in [0.15, 0.2) is 18.2 Å². The maximum Gasteiger partial charge on any atom is 0.238 e. The highest BCUT2D eigenvalue weighted by Crippen LogP contribution is 2.26. The van der Waals surface area contributed by atoms with Crippen molar-refractivity contribution in [3.8, 4) is 0 Å². The quantitative estimate of drug-likeness (QED) is 0.898. The lowest BCUT2D eigenvalue weighted by molar-refractivity contribution is -0.128. The Morgan fingerprint density at radius 1 is 1.42 bits per heavy atom. The topological polar surface area (TPSA) is 52.6 Å². The Balaban J connectivity index is 1.84. The van der Waals surface area contributed by atoms with Crippen molar-refractivity contribution in [3.05, 3.63) is 28.2 Å². The van der Waals surface area contributed by atoms with Gasteiger partial charge < -0.3 is 10.4 Å². The first-order valence-corrected chi connectivity index (χ1v) is 6.87. The van der Waals surface area contributed by atoms with E-state index in [-0.39, 0.29) is 12.5 Å². The minimum absolute atomic E-state index is 0.128. The van der Waals surface area contributed by atoms with Crippen molar-refractivity contribution in [2.75, 3.05) is 25.0 Å². The van der Waals surface area contributed by atoms with Crippen LogP contribution < -0.4 is 5.32 Å². The average Bonchev–Trinajstić information content (AvgIpc) is 2.31. The highest BCUT2D eigenvalue weighted by Gasteiger charge is 2.39. The van der Waals surface area contributed by atoms with Crippen molar-refractivity contribution in [2.24, 2.45) is 0 Å². The number of amides is 1. The van der Waals surface area contributed by atoms with E-state index in [0.717, 1.165) is 0 Å². The lowest BCUT2D eigenvalue weighted by Gasteiger charge is -2.45. The molecule has 1 amide bonds. The van der Waals surface area contributed by atoms with E-state index >= 15 is 0 Å². The van der Waals surface area contributed by atoms with Crippen LogP contribution in [0.2, 0.25) is 10.0 Å². The molecule has 6 heteroatoms. The van der Waals surface area contributed by atoms with Crippen LogP contribution in [0.25, 0.3) is 0 Å². The molecule has 0 aromatic heterocycles. The lowest BCUT2D eigenvalue weighted by Crippen LogP contribution is -2.62. The van der Waals surface area contributed by atoms with Gasteiger partial charge in [-0.15, -0.1) is 0 Å². The number of hydrogen-bond donors (Lipinski definition) is 2. The molecule has 19 heavy (non-hydrogen) atoms. The summed E-state index contributed by atoms with van der Waals surface area (Å²) >= 11 is 11.7. The number of halogens is 2. The smallest absolute Gasteiger partial charge is 0.238 e. The second-order valence-corrected chi connectivity index (χ2v) is 5.71. The summed E-state index contributed by atoms with van der Waals surface area (Å²) < 4.78 is 0. The van der Waals surface area contributed by atoms with E-state index < -0.39 is 5.60 Å². The molecule has 0 radical (unpaired) electrons. The molecule has 1 fully saturated rings. The first kappa shape index (κ1) is 14.6. The number of likely N-dealkylation sites (tertiary alicyclic amines) is 1. The Morgan fingerprint density at radius 3 is 2.68 bits per heavy atom. The summed E-state index contributed by atoms with van der Waals surface area (Å²) in [5.74, 6) is -0.128. The summed E-state index contributed by atoms with van der Waals surface area (Å²) in [6, 6.07) is 4.95. The van der Waals surface area contributed by atoms with E-state index in [2.05, 4.69) is 5.32 Å². The number of β-amino-alcohol motifs (C(OH)–C–C–N with tert-alkyl or cyclic N) is 1. The molecule has 0 bridgehead atoms. The van der Waals surface area contributed by atoms with Gasteiger partial charge in [0.2, 0.25) is 5.91 Å². The van der Waals surface area contributed by atoms with Gasteiger partial charge in [-0.2, -0.15) is 0 Å². The lowest BCUT2D eigenvalue weighted by atomic mass is 9.91. The Bertz CT molecular complexity index is 488. The number of carbonyl (C=O) groups is 1. The van der Waals surface area contributed by atoms with Gasteiger partial charge in [0.25, 0.3) is 0 Å². The fourth-order valence-corrected chi connectivity index (χ4v) is 2.40. The van der Waals surface area contributed by atoms with Gasteiger partial charge in [-0.05, 0) is 24.6 Å². The first-order chi connectivity index (χ1) is 8.92. The number of hydrogen-bond acceptors (Lipinski definition) is 3. The molecule has 0 spiro atoms. The number of benzene rings is 1. The summed E-state index contributed by atoms with van der Waals surface area (Å²) in [7, 11) is 0. The summed E-state index contributed by atoms with van der Waals surface area (Å²) in [4.78, 5) is 13.7. The monoisotopic (exact) mass is 302 g/mol.